The molecule has 0 unspecified atom stereocenters. The minimum absolute atomic E-state index is 0.0422. The van der Waals surface area contributed by atoms with Gasteiger partial charge in [0.15, 0.2) is 5.17 Å². The topological polar surface area (TPSA) is 32.6 Å². The Morgan fingerprint density at radius 1 is 1.17 bits per heavy atom. The Hall–Kier alpha value is -0.440. The summed E-state index contributed by atoms with van der Waals surface area (Å²) in [5, 5.41) is 12.0. The van der Waals surface area contributed by atoms with Gasteiger partial charge in [-0.25, -0.2) is 0 Å². The molecule has 0 aliphatic rings. The Labute approximate surface area is 84.3 Å². The van der Waals surface area contributed by atoms with E-state index in [9.17, 15) is 0 Å². The third-order valence-electron chi connectivity index (χ3n) is 1.19. The van der Waals surface area contributed by atoms with Crippen LogP contribution in [0.3, 0.4) is 0 Å². The predicted octanol–water partition coefficient (Wildman–Crippen LogP) is 3.37. The van der Waals surface area contributed by atoms with Crippen molar-refractivity contribution >= 4 is 40.0 Å². The molecule has 1 rings (SSSR count). The van der Waals surface area contributed by atoms with Gasteiger partial charge >= 0.3 is 0 Å². The van der Waals surface area contributed by atoms with Gasteiger partial charge in [-0.05, 0) is 18.2 Å². The van der Waals surface area contributed by atoms with Gasteiger partial charge in [0.2, 0.25) is 0 Å². The highest BCUT2D eigenvalue weighted by Crippen LogP contribution is 2.20. The molecule has 1 N–H and O–H groups in total. The average molecular weight is 224 g/mol. The molecule has 64 valence electrons. The van der Waals surface area contributed by atoms with E-state index in [0.717, 1.165) is 0 Å². The maximum atomic E-state index is 8.34. The molecule has 12 heavy (non-hydrogen) atoms. The van der Waals surface area contributed by atoms with Crippen molar-refractivity contribution in [3.63, 3.8) is 0 Å². The highest BCUT2D eigenvalue weighted by molar-refractivity contribution is 6.69. The van der Waals surface area contributed by atoms with Crippen molar-refractivity contribution in [2.24, 2.45) is 5.16 Å². The first-order chi connectivity index (χ1) is 5.63. The van der Waals surface area contributed by atoms with Crippen LogP contribution in [0.25, 0.3) is 0 Å². The highest BCUT2D eigenvalue weighted by Gasteiger charge is 2.02. The first-order valence-electron chi connectivity index (χ1n) is 2.97. The smallest absolute Gasteiger partial charge is 0.175 e. The Morgan fingerprint density at radius 3 is 2.08 bits per heavy atom. The van der Waals surface area contributed by atoms with Crippen LogP contribution in [0.1, 0.15) is 5.56 Å². The van der Waals surface area contributed by atoms with Crippen LogP contribution in [0.4, 0.5) is 0 Å². The molecule has 0 saturated carbocycles. The molecule has 0 aliphatic heterocycles. The third kappa shape index (κ3) is 2.27. The first kappa shape index (κ1) is 9.65. The lowest BCUT2D eigenvalue weighted by Crippen LogP contribution is -1.90. The van der Waals surface area contributed by atoms with Gasteiger partial charge in [0, 0.05) is 15.6 Å². The minimum Gasteiger partial charge on any atom is -0.410 e. The van der Waals surface area contributed by atoms with E-state index in [-0.39, 0.29) is 5.17 Å². The van der Waals surface area contributed by atoms with Crippen LogP contribution in [0.2, 0.25) is 10.0 Å². The van der Waals surface area contributed by atoms with E-state index >= 15 is 0 Å². The molecular weight excluding hydrogens is 220 g/mol. The number of hydrogen-bond acceptors (Lipinski definition) is 2. The second-order valence-electron chi connectivity index (χ2n) is 2.05. The van der Waals surface area contributed by atoms with E-state index in [0.29, 0.717) is 15.6 Å². The van der Waals surface area contributed by atoms with Crippen molar-refractivity contribution < 1.29 is 5.21 Å². The van der Waals surface area contributed by atoms with Crippen LogP contribution in [0.5, 0.6) is 0 Å². The monoisotopic (exact) mass is 223 g/mol. The summed E-state index contributed by atoms with van der Waals surface area (Å²) in [6.07, 6.45) is 0. The van der Waals surface area contributed by atoms with Crippen molar-refractivity contribution in [3.05, 3.63) is 33.8 Å². The van der Waals surface area contributed by atoms with Crippen molar-refractivity contribution in [3.8, 4) is 0 Å². The number of benzene rings is 1. The van der Waals surface area contributed by atoms with Gasteiger partial charge in [0.25, 0.3) is 0 Å². The van der Waals surface area contributed by atoms with E-state index in [4.69, 9.17) is 40.0 Å². The first-order valence-corrected chi connectivity index (χ1v) is 4.11. The number of nitrogens with zero attached hydrogens (tertiary/aromatic N) is 1. The van der Waals surface area contributed by atoms with E-state index in [2.05, 4.69) is 5.16 Å². The maximum absolute atomic E-state index is 8.34. The van der Waals surface area contributed by atoms with E-state index in [1.54, 1.807) is 18.2 Å². The van der Waals surface area contributed by atoms with Crippen LogP contribution in [0.15, 0.2) is 23.4 Å². The van der Waals surface area contributed by atoms with E-state index in [1.165, 1.54) is 0 Å². The molecule has 0 amide bonds. The molecule has 0 aliphatic carbocycles. The Bertz CT molecular complexity index is 304. The molecule has 0 atom stereocenters. The molecule has 0 radical (unpaired) electrons. The van der Waals surface area contributed by atoms with Gasteiger partial charge in [-0.2, -0.15) is 0 Å². The fraction of sp³-hybridized carbons (Fsp3) is 0. The number of hydrogen-bond donors (Lipinski definition) is 1. The summed E-state index contributed by atoms with van der Waals surface area (Å²) in [6, 6.07) is 4.67. The normalized spacial score (nSPS) is 11.8. The van der Waals surface area contributed by atoms with Gasteiger partial charge in [0.05, 0.1) is 0 Å². The SMILES string of the molecule is O/N=C(/Cl)c1cc(Cl)cc(Cl)c1. The fourth-order valence-corrected chi connectivity index (χ4v) is 1.37. The zero-order valence-corrected chi connectivity index (χ0v) is 8.03. The zero-order chi connectivity index (χ0) is 9.14. The summed E-state index contributed by atoms with van der Waals surface area (Å²) in [5.74, 6) is 0. The number of oxime groups is 1. The number of rotatable bonds is 1. The van der Waals surface area contributed by atoms with E-state index < -0.39 is 0 Å². The van der Waals surface area contributed by atoms with Crippen molar-refractivity contribution in [2.75, 3.05) is 0 Å². The highest BCUT2D eigenvalue weighted by atomic mass is 35.5. The van der Waals surface area contributed by atoms with Crippen molar-refractivity contribution in [1.29, 1.82) is 0 Å². The van der Waals surface area contributed by atoms with Crippen LogP contribution in [-0.4, -0.2) is 10.4 Å². The van der Waals surface area contributed by atoms with Crippen LogP contribution in [0, 0.1) is 0 Å². The predicted molar refractivity (Wildman–Crippen MR) is 50.6 cm³/mol. The second-order valence-corrected chi connectivity index (χ2v) is 3.28. The molecular formula is C7H4Cl3NO. The van der Waals surface area contributed by atoms with Crippen molar-refractivity contribution in [2.45, 2.75) is 0 Å². The summed E-state index contributed by atoms with van der Waals surface area (Å²) in [4.78, 5) is 0. The molecule has 0 saturated heterocycles. The molecule has 2 nitrogen and oxygen atoms in total. The lowest BCUT2D eigenvalue weighted by Gasteiger charge is -1.98. The summed E-state index contributed by atoms with van der Waals surface area (Å²) < 4.78 is 0. The van der Waals surface area contributed by atoms with Gasteiger partial charge < -0.3 is 5.21 Å². The van der Waals surface area contributed by atoms with Crippen LogP contribution >= 0.6 is 34.8 Å². The largest absolute Gasteiger partial charge is 0.410 e. The van der Waals surface area contributed by atoms with Gasteiger partial charge in [-0.1, -0.05) is 40.0 Å². The lowest BCUT2D eigenvalue weighted by atomic mass is 10.2. The summed E-state index contributed by atoms with van der Waals surface area (Å²) in [6.45, 7) is 0. The third-order valence-corrected chi connectivity index (χ3v) is 1.92. The van der Waals surface area contributed by atoms with Crippen LogP contribution < -0.4 is 0 Å². The Balaban J connectivity index is 3.17. The molecule has 1 aromatic rings. The maximum Gasteiger partial charge on any atom is 0.175 e. The molecule has 0 bridgehead atoms. The summed E-state index contributed by atoms with van der Waals surface area (Å²) in [5.41, 5.74) is 0.483. The fourth-order valence-electron chi connectivity index (χ4n) is 0.731. The van der Waals surface area contributed by atoms with Crippen LogP contribution in [-0.2, 0) is 0 Å². The average Bonchev–Trinajstić information content (AvgIpc) is 2.01. The molecule has 1 aromatic carbocycles. The molecule has 0 spiro atoms. The Morgan fingerprint density at radius 2 is 1.67 bits per heavy atom. The molecule has 0 aromatic heterocycles. The van der Waals surface area contributed by atoms with E-state index in [1.807, 2.05) is 0 Å². The lowest BCUT2D eigenvalue weighted by molar-refractivity contribution is 0.321. The van der Waals surface area contributed by atoms with Gasteiger partial charge in [-0.15, -0.1) is 0 Å². The van der Waals surface area contributed by atoms with Gasteiger partial charge in [0.1, 0.15) is 0 Å². The molecule has 0 heterocycles. The second kappa shape index (κ2) is 3.99. The quantitative estimate of drug-likeness (QED) is 0.443. The minimum atomic E-state index is -0.0422. The van der Waals surface area contributed by atoms with Crippen molar-refractivity contribution in [1.82, 2.24) is 0 Å². The standard InChI is InChI=1S/C7H4Cl3NO/c8-5-1-4(7(10)11-12)2-6(9)3-5/h1-3,12H/b11-7+. The molecule has 5 heteroatoms. The zero-order valence-electron chi connectivity index (χ0n) is 5.76. The summed E-state index contributed by atoms with van der Waals surface area (Å²) in [7, 11) is 0. The Kier molecular flexibility index (Phi) is 3.20. The van der Waals surface area contributed by atoms with Gasteiger partial charge in [-0.3, -0.25) is 0 Å². The number of halogens is 3. The summed E-state index contributed by atoms with van der Waals surface area (Å²) >= 11 is 16.9. The molecule has 0 fully saturated rings.